The van der Waals surface area contributed by atoms with Crippen LogP contribution in [0, 0.1) is 0 Å². The first-order valence-electron chi connectivity index (χ1n) is 8.24. The molecule has 1 N–H and O–H groups in total. The molecule has 2 aromatic heterocycles. The Morgan fingerprint density at radius 2 is 2.40 bits per heavy atom. The smallest absolute Gasteiger partial charge is 0.276 e. The highest BCUT2D eigenvalue weighted by Crippen LogP contribution is 2.17. The summed E-state index contributed by atoms with van der Waals surface area (Å²) in [7, 11) is 1.68. The molecule has 1 fully saturated rings. The van der Waals surface area contributed by atoms with Crippen molar-refractivity contribution in [3.05, 3.63) is 46.6 Å². The molecule has 134 valence electrons. The van der Waals surface area contributed by atoms with E-state index in [4.69, 9.17) is 16.1 Å². The van der Waals surface area contributed by atoms with Crippen LogP contribution >= 0.6 is 11.6 Å². The highest BCUT2D eigenvalue weighted by atomic mass is 35.5. The molecular weight excluding hydrogens is 344 g/mol. The van der Waals surface area contributed by atoms with Crippen molar-refractivity contribution in [3.63, 3.8) is 0 Å². The van der Waals surface area contributed by atoms with Crippen molar-refractivity contribution in [2.45, 2.75) is 32.0 Å². The predicted molar refractivity (Wildman–Crippen MR) is 92.1 cm³/mol. The number of aliphatic hydroxyl groups excluding tert-OH is 1. The minimum absolute atomic E-state index is 0.242. The van der Waals surface area contributed by atoms with Gasteiger partial charge in [0.25, 0.3) is 5.91 Å². The highest BCUT2D eigenvalue weighted by molar-refractivity contribution is 6.30. The number of hydrogen-bond donors (Lipinski definition) is 1. The van der Waals surface area contributed by atoms with E-state index in [-0.39, 0.29) is 17.7 Å². The van der Waals surface area contributed by atoms with Crippen LogP contribution in [0.1, 0.15) is 34.7 Å². The van der Waals surface area contributed by atoms with Crippen LogP contribution in [0.4, 0.5) is 0 Å². The van der Waals surface area contributed by atoms with Crippen LogP contribution in [0.3, 0.4) is 0 Å². The van der Waals surface area contributed by atoms with E-state index < -0.39 is 0 Å². The van der Waals surface area contributed by atoms with Crippen molar-refractivity contribution in [1.82, 2.24) is 19.9 Å². The summed E-state index contributed by atoms with van der Waals surface area (Å²) in [6.07, 6.45) is 3.09. The van der Waals surface area contributed by atoms with Crippen molar-refractivity contribution in [1.29, 1.82) is 0 Å². The van der Waals surface area contributed by atoms with Crippen molar-refractivity contribution >= 4 is 17.5 Å². The molecule has 8 heteroatoms. The van der Waals surface area contributed by atoms with Gasteiger partial charge in [-0.25, -0.2) is 4.98 Å². The number of aromatic nitrogens is 2. The number of β-amino-alcohol motifs (C(OH)–C–C–N with tert-alkyl or cyclic N) is 1. The first kappa shape index (κ1) is 17.8. The van der Waals surface area contributed by atoms with E-state index in [0.717, 1.165) is 24.9 Å². The van der Waals surface area contributed by atoms with Gasteiger partial charge in [0.05, 0.1) is 12.6 Å². The molecule has 0 aromatic carbocycles. The molecule has 3 rings (SSSR count). The minimum atomic E-state index is -0.298. The zero-order chi connectivity index (χ0) is 17.8. The van der Waals surface area contributed by atoms with E-state index in [2.05, 4.69) is 15.0 Å². The minimum Gasteiger partial charge on any atom is -0.392 e. The third-order valence-corrected chi connectivity index (χ3v) is 4.57. The number of likely N-dealkylation sites (tertiary alicyclic amines) is 1. The van der Waals surface area contributed by atoms with Gasteiger partial charge >= 0.3 is 0 Å². The van der Waals surface area contributed by atoms with E-state index in [0.29, 0.717) is 30.5 Å². The Labute approximate surface area is 151 Å². The molecule has 0 saturated carbocycles. The molecule has 1 aliphatic heterocycles. The molecule has 0 aliphatic carbocycles. The number of pyridine rings is 1. The van der Waals surface area contributed by atoms with Gasteiger partial charge in [-0.05, 0) is 25.5 Å². The third kappa shape index (κ3) is 4.56. The van der Waals surface area contributed by atoms with Gasteiger partial charge in [-0.1, -0.05) is 22.8 Å². The van der Waals surface area contributed by atoms with Gasteiger partial charge in [0.15, 0.2) is 11.5 Å². The molecule has 1 atom stereocenters. The first-order chi connectivity index (χ1) is 12.0. The number of aliphatic hydroxyl groups is 1. The maximum absolute atomic E-state index is 12.5. The number of piperidine rings is 1. The molecule has 1 aliphatic rings. The van der Waals surface area contributed by atoms with E-state index in [1.165, 1.54) is 4.90 Å². The molecular formula is C17H21ClN4O3. The number of halogens is 1. The largest absolute Gasteiger partial charge is 0.392 e. The van der Waals surface area contributed by atoms with Crippen LogP contribution in [0.5, 0.6) is 0 Å². The number of amides is 1. The van der Waals surface area contributed by atoms with Crippen molar-refractivity contribution in [3.8, 4) is 0 Å². The van der Waals surface area contributed by atoms with Gasteiger partial charge in [-0.3, -0.25) is 9.69 Å². The van der Waals surface area contributed by atoms with Crippen molar-refractivity contribution in [2.24, 2.45) is 0 Å². The van der Waals surface area contributed by atoms with E-state index >= 15 is 0 Å². The predicted octanol–water partition coefficient (Wildman–Crippen LogP) is 1.95. The maximum atomic E-state index is 12.5. The van der Waals surface area contributed by atoms with Gasteiger partial charge in [-0.15, -0.1) is 0 Å². The van der Waals surface area contributed by atoms with Crippen LogP contribution in [-0.4, -0.2) is 57.2 Å². The Morgan fingerprint density at radius 1 is 1.56 bits per heavy atom. The average molecular weight is 365 g/mol. The molecule has 1 amide bonds. The van der Waals surface area contributed by atoms with Gasteiger partial charge < -0.3 is 14.5 Å². The summed E-state index contributed by atoms with van der Waals surface area (Å²) in [6, 6.07) is 5.26. The lowest BCUT2D eigenvalue weighted by atomic mass is 10.1. The average Bonchev–Trinajstić information content (AvgIpc) is 3.04. The lowest BCUT2D eigenvalue weighted by Crippen LogP contribution is -2.37. The summed E-state index contributed by atoms with van der Waals surface area (Å²) in [6.45, 7) is 2.39. The molecule has 0 bridgehead atoms. The van der Waals surface area contributed by atoms with E-state index in [1.54, 1.807) is 25.4 Å². The topological polar surface area (TPSA) is 82.7 Å². The Morgan fingerprint density at radius 3 is 3.16 bits per heavy atom. The molecule has 1 saturated heterocycles. The zero-order valence-corrected chi connectivity index (χ0v) is 14.8. The van der Waals surface area contributed by atoms with Gasteiger partial charge in [0.2, 0.25) is 0 Å². The SMILES string of the molecule is CN(Cc1cccnc1Cl)C(=O)c1cc(CN2CCC[C@@H](O)C2)on1. The Balaban J connectivity index is 1.61. The zero-order valence-electron chi connectivity index (χ0n) is 14.1. The molecule has 3 heterocycles. The van der Waals surface area contributed by atoms with Crippen molar-refractivity contribution < 1.29 is 14.4 Å². The van der Waals surface area contributed by atoms with Crippen molar-refractivity contribution in [2.75, 3.05) is 20.1 Å². The van der Waals surface area contributed by atoms with E-state index in [9.17, 15) is 9.90 Å². The molecule has 7 nitrogen and oxygen atoms in total. The van der Waals surface area contributed by atoms with Crippen LogP contribution in [0.25, 0.3) is 0 Å². The van der Waals surface area contributed by atoms with E-state index in [1.807, 2.05) is 6.07 Å². The Hall–Kier alpha value is -1.96. The molecule has 0 unspecified atom stereocenters. The van der Waals surface area contributed by atoms with Gasteiger partial charge in [-0.2, -0.15) is 0 Å². The summed E-state index contributed by atoms with van der Waals surface area (Å²) < 4.78 is 5.29. The summed E-state index contributed by atoms with van der Waals surface area (Å²) in [4.78, 5) is 20.1. The van der Waals surface area contributed by atoms with Crippen LogP contribution < -0.4 is 0 Å². The normalized spacial score (nSPS) is 18.3. The summed E-state index contributed by atoms with van der Waals surface area (Å²) >= 11 is 6.03. The molecule has 0 radical (unpaired) electrons. The number of hydrogen-bond acceptors (Lipinski definition) is 6. The second-order valence-corrected chi connectivity index (χ2v) is 6.68. The highest BCUT2D eigenvalue weighted by Gasteiger charge is 2.22. The maximum Gasteiger partial charge on any atom is 0.276 e. The fourth-order valence-corrected chi connectivity index (χ4v) is 3.12. The van der Waals surface area contributed by atoms with Gasteiger partial charge in [0, 0.05) is 38.0 Å². The molecule has 2 aromatic rings. The number of carbonyl (C=O) groups is 1. The second kappa shape index (κ2) is 7.95. The number of carbonyl (C=O) groups excluding carboxylic acids is 1. The monoisotopic (exact) mass is 364 g/mol. The Kier molecular flexibility index (Phi) is 5.67. The molecule has 0 spiro atoms. The van der Waals surface area contributed by atoms with Gasteiger partial charge in [0.1, 0.15) is 5.15 Å². The summed E-state index contributed by atoms with van der Waals surface area (Å²) in [5, 5.41) is 14.0. The summed E-state index contributed by atoms with van der Waals surface area (Å²) in [5.74, 6) is 0.374. The first-order valence-corrected chi connectivity index (χ1v) is 8.61. The Bertz CT molecular complexity index is 736. The molecule has 25 heavy (non-hydrogen) atoms. The fourth-order valence-electron chi connectivity index (χ4n) is 2.94. The lowest BCUT2D eigenvalue weighted by molar-refractivity contribution is 0.0622. The standard InChI is InChI=1S/C17H21ClN4O3/c1-21(9-12-4-2-6-19-16(12)18)17(24)15-8-14(25-20-15)11-22-7-3-5-13(23)10-22/h2,4,6,8,13,23H,3,5,7,9-11H2,1H3/t13-/m1/s1. The van der Waals surface area contributed by atoms with Crippen LogP contribution in [0.15, 0.2) is 28.9 Å². The fraction of sp³-hybridized carbons (Fsp3) is 0.471. The number of rotatable bonds is 5. The third-order valence-electron chi connectivity index (χ3n) is 4.23. The van der Waals surface area contributed by atoms with Crippen LogP contribution in [0.2, 0.25) is 5.15 Å². The second-order valence-electron chi connectivity index (χ2n) is 6.32. The summed E-state index contributed by atoms with van der Waals surface area (Å²) in [5.41, 5.74) is 1.03. The van der Waals surface area contributed by atoms with Crippen LogP contribution in [-0.2, 0) is 13.1 Å². The quantitative estimate of drug-likeness (QED) is 0.816. The lowest BCUT2D eigenvalue weighted by Gasteiger charge is -2.28. The number of nitrogens with zero attached hydrogens (tertiary/aromatic N) is 4.